The van der Waals surface area contributed by atoms with Gasteiger partial charge in [-0.15, -0.1) is 0 Å². The number of hydrogen-bond donors (Lipinski definition) is 2. The fraction of sp³-hybridized carbons (Fsp3) is 0.125. The Bertz CT molecular complexity index is 249. The van der Waals surface area contributed by atoms with Crippen LogP contribution in [0, 0.1) is 0 Å². The lowest BCUT2D eigenvalue weighted by molar-refractivity contribution is -0.135. The van der Waals surface area contributed by atoms with Crippen LogP contribution in [0.3, 0.4) is 0 Å². The van der Waals surface area contributed by atoms with Gasteiger partial charge in [-0.25, -0.2) is 0 Å². The van der Waals surface area contributed by atoms with Crippen molar-refractivity contribution in [2.45, 2.75) is 6.42 Å². The molecule has 1 heterocycles. The minimum absolute atomic E-state index is 0.0685. The first-order chi connectivity index (χ1) is 5.29. The first-order valence-electron chi connectivity index (χ1n) is 3.31. The number of aromatic amines is 1. The largest absolute Gasteiger partial charge is 0.481 e. The molecule has 0 aliphatic heterocycles. The minimum atomic E-state index is -0.812. The van der Waals surface area contributed by atoms with E-state index in [1.54, 1.807) is 18.3 Å². The lowest BCUT2D eigenvalue weighted by atomic mass is 10.3. The summed E-state index contributed by atoms with van der Waals surface area (Å²) >= 11 is 0. The van der Waals surface area contributed by atoms with E-state index in [2.05, 4.69) is 4.98 Å². The van der Waals surface area contributed by atoms with Gasteiger partial charge in [-0.2, -0.15) is 0 Å². The molecule has 0 unspecified atom stereocenters. The number of rotatable bonds is 3. The molecule has 1 aromatic rings. The quantitative estimate of drug-likeness (QED) is 0.687. The molecule has 2 N–H and O–H groups in total. The smallest absolute Gasteiger partial charge is 0.307 e. The highest BCUT2D eigenvalue weighted by Gasteiger charge is 1.89. The number of H-pyrrole nitrogens is 1. The van der Waals surface area contributed by atoms with Crippen molar-refractivity contribution in [1.82, 2.24) is 4.98 Å². The Morgan fingerprint density at radius 2 is 2.55 bits per heavy atom. The van der Waals surface area contributed by atoms with Gasteiger partial charge < -0.3 is 10.1 Å². The maximum absolute atomic E-state index is 10.1. The summed E-state index contributed by atoms with van der Waals surface area (Å²) in [6.45, 7) is 0. The molecule has 0 saturated carbocycles. The summed E-state index contributed by atoms with van der Waals surface area (Å²) in [5.74, 6) is -0.812. The summed E-state index contributed by atoms with van der Waals surface area (Å²) in [4.78, 5) is 13.0. The van der Waals surface area contributed by atoms with Gasteiger partial charge in [0.1, 0.15) is 0 Å². The molecule has 3 nitrogen and oxygen atoms in total. The Hall–Kier alpha value is -1.51. The van der Waals surface area contributed by atoms with Gasteiger partial charge in [-0.1, -0.05) is 6.08 Å². The van der Waals surface area contributed by atoms with Gasteiger partial charge in [0.05, 0.1) is 6.42 Å². The van der Waals surface area contributed by atoms with E-state index in [-0.39, 0.29) is 6.42 Å². The number of aliphatic carboxylic acids is 1. The first-order valence-corrected chi connectivity index (χ1v) is 3.31. The summed E-state index contributed by atoms with van der Waals surface area (Å²) in [5.41, 5.74) is 0.922. The lowest BCUT2D eigenvalue weighted by Gasteiger charge is -1.83. The SMILES string of the molecule is O=C(O)C/C=C/c1ccc[nH]1. The molecule has 0 atom stereocenters. The number of aromatic nitrogens is 1. The minimum Gasteiger partial charge on any atom is -0.481 e. The Balaban J connectivity index is 2.43. The fourth-order valence-corrected chi connectivity index (χ4v) is 0.735. The van der Waals surface area contributed by atoms with Crippen molar-refractivity contribution >= 4 is 12.0 Å². The summed E-state index contributed by atoms with van der Waals surface area (Å²) in [6.07, 6.45) is 5.21. The fourth-order valence-electron chi connectivity index (χ4n) is 0.735. The highest BCUT2D eigenvalue weighted by atomic mass is 16.4. The molecule has 0 aromatic carbocycles. The Kier molecular flexibility index (Phi) is 2.49. The van der Waals surface area contributed by atoms with Gasteiger partial charge >= 0.3 is 5.97 Å². The second-order valence-corrected chi connectivity index (χ2v) is 2.13. The summed E-state index contributed by atoms with van der Waals surface area (Å²) in [5, 5.41) is 8.28. The zero-order chi connectivity index (χ0) is 8.10. The highest BCUT2D eigenvalue weighted by Crippen LogP contribution is 1.97. The lowest BCUT2D eigenvalue weighted by Crippen LogP contribution is -1.89. The molecule has 0 spiro atoms. The Labute approximate surface area is 64.4 Å². The van der Waals surface area contributed by atoms with Gasteiger partial charge in [0.25, 0.3) is 0 Å². The van der Waals surface area contributed by atoms with Gasteiger partial charge in [-0.3, -0.25) is 4.79 Å². The second kappa shape index (κ2) is 3.61. The summed E-state index contributed by atoms with van der Waals surface area (Å²) in [6, 6.07) is 3.73. The van der Waals surface area contributed by atoms with Crippen molar-refractivity contribution in [3.05, 3.63) is 30.1 Å². The molecule has 1 rings (SSSR count). The Morgan fingerprint density at radius 3 is 3.09 bits per heavy atom. The molecule has 0 fully saturated rings. The van der Waals surface area contributed by atoms with Crippen molar-refractivity contribution in [2.24, 2.45) is 0 Å². The number of carbonyl (C=O) groups is 1. The van der Waals surface area contributed by atoms with Crippen LogP contribution in [0.1, 0.15) is 12.1 Å². The third-order valence-corrected chi connectivity index (χ3v) is 1.21. The molecule has 0 saturated heterocycles. The van der Waals surface area contributed by atoms with Crippen LogP contribution in [0.5, 0.6) is 0 Å². The van der Waals surface area contributed by atoms with Crippen molar-refractivity contribution in [1.29, 1.82) is 0 Å². The Morgan fingerprint density at radius 1 is 1.73 bits per heavy atom. The van der Waals surface area contributed by atoms with Gasteiger partial charge in [0.15, 0.2) is 0 Å². The van der Waals surface area contributed by atoms with Gasteiger partial charge in [0, 0.05) is 11.9 Å². The third kappa shape index (κ3) is 2.71. The molecule has 58 valence electrons. The predicted octanol–water partition coefficient (Wildman–Crippen LogP) is 1.50. The zero-order valence-corrected chi connectivity index (χ0v) is 5.95. The number of hydrogen-bond acceptors (Lipinski definition) is 1. The third-order valence-electron chi connectivity index (χ3n) is 1.21. The molecular formula is C8H9NO2. The van der Waals surface area contributed by atoms with Crippen LogP contribution >= 0.6 is 0 Å². The molecule has 11 heavy (non-hydrogen) atoms. The average Bonchev–Trinajstić information content (AvgIpc) is 2.39. The molecule has 0 amide bonds. The van der Waals surface area contributed by atoms with Crippen LogP contribution < -0.4 is 0 Å². The topological polar surface area (TPSA) is 53.1 Å². The predicted molar refractivity (Wildman–Crippen MR) is 42.1 cm³/mol. The maximum atomic E-state index is 10.1. The second-order valence-electron chi connectivity index (χ2n) is 2.13. The number of carboxylic acid groups (broad SMARTS) is 1. The zero-order valence-electron chi connectivity index (χ0n) is 5.95. The number of carboxylic acids is 1. The molecular weight excluding hydrogens is 142 g/mol. The highest BCUT2D eigenvalue weighted by molar-refractivity contribution is 5.70. The molecule has 0 aliphatic carbocycles. The van der Waals surface area contributed by atoms with Crippen LogP contribution in [0.4, 0.5) is 0 Å². The van der Waals surface area contributed by atoms with E-state index < -0.39 is 5.97 Å². The van der Waals surface area contributed by atoms with Crippen molar-refractivity contribution in [3.8, 4) is 0 Å². The maximum Gasteiger partial charge on any atom is 0.307 e. The monoisotopic (exact) mass is 151 g/mol. The normalized spacial score (nSPS) is 10.5. The van der Waals surface area contributed by atoms with Crippen LogP contribution in [-0.4, -0.2) is 16.1 Å². The average molecular weight is 151 g/mol. The van der Waals surface area contributed by atoms with E-state index in [0.717, 1.165) is 5.69 Å². The standard InChI is InChI=1S/C8H9NO2/c10-8(11)5-1-3-7-4-2-6-9-7/h1-4,6,9H,5H2,(H,10,11)/b3-1+. The van der Waals surface area contributed by atoms with Crippen molar-refractivity contribution < 1.29 is 9.90 Å². The molecule has 3 heteroatoms. The molecule has 0 bridgehead atoms. The van der Waals surface area contributed by atoms with E-state index >= 15 is 0 Å². The van der Waals surface area contributed by atoms with Crippen LogP contribution in [0.25, 0.3) is 6.08 Å². The van der Waals surface area contributed by atoms with Crippen LogP contribution in [0.2, 0.25) is 0 Å². The van der Waals surface area contributed by atoms with Crippen molar-refractivity contribution in [3.63, 3.8) is 0 Å². The molecule has 0 aliphatic rings. The molecule has 0 radical (unpaired) electrons. The van der Waals surface area contributed by atoms with E-state index in [1.807, 2.05) is 12.1 Å². The number of nitrogens with one attached hydrogen (secondary N) is 1. The summed E-state index contributed by atoms with van der Waals surface area (Å²) < 4.78 is 0. The van der Waals surface area contributed by atoms with E-state index in [4.69, 9.17) is 5.11 Å². The van der Waals surface area contributed by atoms with Crippen LogP contribution in [-0.2, 0) is 4.79 Å². The van der Waals surface area contributed by atoms with Crippen LogP contribution in [0.15, 0.2) is 24.4 Å². The van der Waals surface area contributed by atoms with Crippen molar-refractivity contribution in [2.75, 3.05) is 0 Å². The van der Waals surface area contributed by atoms with Gasteiger partial charge in [-0.05, 0) is 18.2 Å². The van der Waals surface area contributed by atoms with E-state index in [9.17, 15) is 4.79 Å². The molecule has 1 aromatic heterocycles. The van der Waals surface area contributed by atoms with E-state index in [1.165, 1.54) is 0 Å². The van der Waals surface area contributed by atoms with Gasteiger partial charge in [0.2, 0.25) is 0 Å². The first kappa shape index (κ1) is 7.60. The van der Waals surface area contributed by atoms with E-state index in [0.29, 0.717) is 0 Å². The summed E-state index contributed by atoms with van der Waals surface area (Å²) in [7, 11) is 0.